The predicted octanol–water partition coefficient (Wildman–Crippen LogP) is 2.07. The van der Waals surface area contributed by atoms with Gasteiger partial charge in [0.05, 0.1) is 9.75 Å². The van der Waals surface area contributed by atoms with E-state index in [4.69, 9.17) is 16.0 Å². The van der Waals surface area contributed by atoms with Crippen molar-refractivity contribution in [1.29, 1.82) is 0 Å². The molecule has 0 aliphatic carbocycles. The molecule has 6 nitrogen and oxygen atoms in total. The fraction of sp³-hybridized carbons (Fsp3) is 0.462. The summed E-state index contributed by atoms with van der Waals surface area (Å²) >= 11 is 6.93. The zero-order valence-electron chi connectivity index (χ0n) is 11.0. The van der Waals surface area contributed by atoms with E-state index in [1.54, 1.807) is 12.1 Å². The molecule has 4 heterocycles. The van der Waals surface area contributed by atoms with E-state index in [1.807, 2.05) is 0 Å². The van der Waals surface area contributed by atoms with Crippen LogP contribution in [0.25, 0.3) is 10.8 Å². The number of fused-ring (bicyclic) bond motifs is 2. The van der Waals surface area contributed by atoms with Crippen molar-refractivity contribution in [2.75, 3.05) is 0 Å². The van der Waals surface area contributed by atoms with Gasteiger partial charge in [0.2, 0.25) is 0 Å². The molecule has 8 heteroatoms. The lowest BCUT2D eigenvalue weighted by Gasteiger charge is -2.20. The Morgan fingerprint density at radius 2 is 2.33 bits per heavy atom. The highest BCUT2D eigenvalue weighted by Gasteiger charge is 2.39. The Hall–Kier alpha value is -1.44. The average Bonchev–Trinajstić information content (AvgIpc) is 3.22. The maximum absolute atomic E-state index is 12.3. The third kappa shape index (κ3) is 2.45. The van der Waals surface area contributed by atoms with Crippen LogP contribution in [0.2, 0.25) is 5.35 Å². The van der Waals surface area contributed by atoms with E-state index in [-0.39, 0.29) is 17.3 Å². The lowest BCUT2D eigenvalue weighted by atomic mass is 9.95. The van der Waals surface area contributed by atoms with E-state index in [0.717, 1.165) is 17.7 Å². The van der Waals surface area contributed by atoms with Crippen molar-refractivity contribution < 1.29 is 9.21 Å². The van der Waals surface area contributed by atoms with Crippen molar-refractivity contribution in [3.63, 3.8) is 0 Å². The van der Waals surface area contributed by atoms with Crippen LogP contribution in [-0.2, 0) is 0 Å². The van der Waals surface area contributed by atoms with Gasteiger partial charge in [-0.1, -0.05) is 5.10 Å². The van der Waals surface area contributed by atoms with Crippen LogP contribution in [0.5, 0.6) is 0 Å². The van der Waals surface area contributed by atoms with Gasteiger partial charge in [-0.25, -0.2) is 0 Å². The molecule has 0 radical (unpaired) electrons. The average molecular weight is 325 g/mol. The molecule has 2 aromatic heterocycles. The van der Waals surface area contributed by atoms with Crippen LogP contribution in [-0.4, -0.2) is 34.2 Å². The number of hydrogen-bond acceptors (Lipinski definition) is 6. The fourth-order valence-electron chi connectivity index (χ4n) is 3.10. The summed E-state index contributed by atoms with van der Waals surface area (Å²) in [5, 5.41) is 14.0. The van der Waals surface area contributed by atoms with Gasteiger partial charge in [-0.05, 0) is 43.0 Å². The maximum atomic E-state index is 12.3. The van der Waals surface area contributed by atoms with Crippen molar-refractivity contribution >= 4 is 28.8 Å². The number of carbonyl (C=O) groups is 1. The number of hydrogen-bond donors (Lipinski definition) is 2. The summed E-state index contributed by atoms with van der Waals surface area (Å²) in [6.45, 7) is 0. The molecule has 0 spiro atoms. The zero-order valence-corrected chi connectivity index (χ0v) is 12.6. The monoisotopic (exact) mass is 324 g/mol. The predicted molar refractivity (Wildman–Crippen MR) is 78.4 cm³/mol. The van der Waals surface area contributed by atoms with Crippen LogP contribution < -0.4 is 10.6 Å². The van der Waals surface area contributed by atoms with E-state index in [2.05, 4.69) is 20.8 Å². The zero-order chi connectivity index (χ0) is 14.4. The molecule has 0 aromatic carbocycles. The molecule has 2 aliphatic rings. The van der Waals surface area contributed by atoms with Gasteiger partial charge < -0.3 is 15.1 Å². The lowest BCUT2D eigenvalue weighted by Crippen LogP contribution is -2.42. The molecular formula is C13H13ClN4O2S. The van der Waals surface area contributed by atoms with E-state index < -0.39 is 0 Å². The first-order valence-corrected chi connectivity index (χ1v) is 8.04. The smallest absolute Gasteiger partial charge is 0.313 e. The van der Waals surface area contributed by atoms with Crippen molar-refractivity contribution in [3.05, 3.63) is 22.4 Å². The maximum Gasteiger partial charge on any atom is 0.313 e. The Labute approximate surface area is 129 Å². The van der Waals surface area contributed by atoms with Gasteiger partial charge in [0.1, 0.15) is 0 Å². The number of amides is 1. The van der Waals surface area contributed by atoms with Crippen LogP contribution in [0.15, 0.2) is 16.5 Å². The molecule has 2 N–H and O–H groups in total. The first-order valence-electron chi connectivity index (χ1n) is 6.85. The summed E-state index contributed by atoms with van der Waals surface area (Å²) < 4.78 is 5.15. The third-order valence-corrected chi connectivity index (χ3v) is 5.28. The molecule has 21 heavy (non-hydrogen) atoms. The van der Waals surface area contributed by atoms with Crippen LogP contribution in [0.3, 0.4) is 0 Å². The fourth-order valence-corrected chi connectivity index (χ4v) is 4.04. The second-order valence-electron chi connectivity index (χ2n) is 5.39. The van der Waals surface area contributed by atoms with Crippen molar-refractivity contribution in [3.8, 4) is 10.8 Å². The summed E-state index contributed by atoms with van der Waals surface area (Å²) in [6, 6.07) is 4.80. The molecule has 4 rings (SSSR count). The highest BCUT2D eigenvalue weighted by molar-refractivity contribution is 7.17. The topological polar surface area (TPSA) is 80.0 Å². The molecule has 2 saturated heterocycles. The molecule has 2 aromatic rings. The lowest BCUT2D eigenvalue weighted by molar-refractivity contribution is 0.0935. The molecule has 1 amide bonds. The van der Waals surface area contributed by atoms with E-state index in [0.29, 0.717) is 22.9 Å². The van der Waals surface area contributed by atoms with Crippen molar-refractivity contribution in [2.45, 2.75) is 37.4 Å². The van der Waals surface area contributed by atoms with Crippen molar-refractivity contribution in [1.82, 2.24) is 20.8 Å². The molecule has 2 fully saturated rings. The third-order valence-electron chi connectivity index (χ3n) is 4.06. The molecule has 110 valence electrons. The Bertz CT molecular complexity index is 685. The van der Waals surface area contributed by atoms with Gasteiger partial charge in [-0.2, -0.15) is 0 Å². The molecule has 3 atom stereocenters. The Balaban J connectivity index is 1.46. The van der Waals surface area contributed by atoms with Gasteiger partial charge in [-0.3, -0.25) is 4.79 Å². The van der Waals surface area contributed by atoms with Gasteiger partial charge in [0, 0.05) is 18.1 Å². The molecular weight excluding hydrogens is 312 g/mol. The highest BCUT2D eigenvalue weighted by atomic mass is 35.5. The number of aromatic nitrogens is 2. The first kappa shape index (κ1) is 13.2. The second kappa shape index (κ2) is 5.08. The largest absolute Gasteiger partial charge is 0.407 e. The summed E-state index contributed by atoms with van der Waals surface area (Å²) in [4.78, 5) is 13.7. The van der Waals surface area contributed by atoms with E-state index in [9.17, 15) is 4.79 Å². The highest BCUT2D eigenvalue weighted by Crippen LogP contribution is 2.30. The summed E-state index contributed by atoms with van der Waals surface area (Å²) in [5.41, 5.74) is 0. The summed E-state index contributed by atoms with van der Waals surface area (Å²) in [6.07, 6.45) is 3.39. The minimum atomic E-state index is -0.0452. The Kier molecular flexibility index (Phi) is 3.20. The van der Waals surface area contributed by atoms with Crippen LogP contribution >= 0.6 is 22.9 Å². The van der Waals surface area contributed by atoms with Gasteiger partial charge in [0.25, 0.3) is 11.8 Å². The number of halogens is 1. The molecule has 0 saturated carbocycles. The van der Waals surface area contributed by atoms with E-state index in [1.165, 1.54) is 17.8 Å². The minimum absolute atomic E-state index is 0.00235. The quantitative estimate of drug-likeness (QED) is 0.903. The standard InChI is InChI=1S/C13H13ClN4O2S/c14-13-18-17-12(20-13)10-4-3-9(21-10)11(19)16-8-5-6-1-2-7(8)15-6/h3-4,6-8,15H,1-2,5H2,(H,16,19)/t6-,7+,8-/m1/s1. The van der Waals surface area contributed by atoms with Gasteiger partial charge in [-0.15, -0.1) is 16.4 Å². The van der Waals surface area contributed by atoms with Gasteiger partial charge in [0.15, 0.2) is 0 Å². The van der Waals surface area contributed by atoms with Crippen molar-refractivity contribution in [2.24, 2.45) is 0 Å². The number of carbonyl (C=O) groups excluding carboxylic acids is 1. The number of rotatable bonds is 3. The normalized spacial score (nSPS) is 27.2. The summed E-state index contributed by atoms with van der Waals surface area (Å²) in [7, 11) is 0. The molecule has 2 bridgehead atoms. The SMILES string of the molecule is O=C(N[C@@H]1C[C@H]2CC[C@@H]1N2)c1ccc(-c2nnc(Cl)o2)s1. The second-order valence-corrected chi connectivity index (χ2v) is 6.79. The molecule has 0 unspecified atom stereocenters. The molecule has 2 aliphatic heterocycles. The number of nitrogens with one attached hydrogen (secondary N) is 2. The van der Waals surface area contributed by atoms with E-state index >= 15 is 0 Å². The van der Waals surface area contributed by atoms with Crippen LogP contribution in [0, 0.1) is 0 Å². The minimum Gasteiger partial charge on any atom is -0.407 e. The summed E-state index contributed by atoms with van der Waals surface area (Å²) in [5.74, 6) is 0.293. The Morgan fingerprint density at radius 1 is 1.43 bits per heavy atom. The van der Waals surface area contributed by atoms with Crippen LogP contribution in [0.4, 0.5) is 0 Å². The Morgan fingerprint density at radius 3 is 3.00 bits per heavy atom. The van der Waals surface area contributed by atoms with Gasteiger partial charge >= 0.3 is 5.35 Å². The number of nitrogens with zero attached hydrogens (tertiary/aromatic N) is 2. The first-order chi connectivity index (χ1) is 10.2. The van der Waals surface area contributed by atoms with Crippen LogP contribution in [0.1, 0.15) is 28.9 Å². The number of thiophene rings is 1.